The van der Waals surface area contributed by atoms with E-state index in [1.165, 1.54) is 6.20 Å². The summed E-state index contributed by atoms with van der Waals surface area (Å²) in [7, 11) is 0. The summed E-state index contributed by atoms with van der Waals surface area (Å²) in [6.07, 6.45) is -7.25. The van der Waals surface area contributed by atoms with E-state index in [4.69, 9.17) is 4.74 Å². The third-order valence-corrected chi connectivity index (χ3v) is 7.86. The molecule has 3 amide bonds. The van der Waals surface area contributed by atoms with Crippen molar-refractivity contribution in [2.75, 3.05) is 13.2 Å². The first kappa shape index (κ1) is 33.9. The molecule has 1 aromatic heterocycles. The van der Waals surface area contributed by atoms with E-state index >= 15 is 0 Å². The molecule has 1 aliphatic heterocycles. The standard InChI is InChI=1S/C31H34F6N4O4/c1-4-8-19-16-22(29(44,30(32,33)34)31(35,36)37)17-20(9-5-2)25(19)45-15-7-6-14-41-26(42)28(3,40-27(41)43)21-10-11-23-24(18-21)39-13-12-38-23/h10-13,16-18,44H,4-9,14-15H2,1-3H3,(H,40,43). The van der Waals surface area contributed by atoms with Gasteiger partial charge in [0.05, 0.1) is 17.6 Å². The van der Waals surface area contributed by atoms with Crippen molar-refractivity contribution in [1.82, 2.24) is 20.2 Å². The van der Waals surface area contributed by atoms with Crippen LogP contribution in [0.1, 0.15) is 68.7 Å². The Balaban J connectivity index is 1.47. The zero-order valence-corrected chi connectivity index (χ0v) is 25.0. The number of carbonyl (C=O) groups excluding carboxylic acids is 2. The maximum absolute atomic E-state index is 13.6. The molecule has 8 nitrogen and oxygen atoms in total. The van der Waals surface area contributed by atoms with E-state index in [1.54, 1.807) is 45.2 Å². The Morgan fingerprint density at radius 3 is 2.02 bits per heavy atom. The number of ether oxygens (including phenoxy) is 1. The number of aromatic nitrogens is 2. The van der Waals surface area contributed by atoms with Crippen molar-refractivity contribution in [1.29, 1.82) is 0 Å². The number of amides is 3. The van der Waals surface area contributed by atoms with Gasteiger partial charge in [-0.05, 0) is 73.6 Å². The second-order valence-electron chi connectivity index (χ2n) is 11.2. The minimum absolute atomic E-state index is 0.0276. The number of nitrogens with one attached hydrogen (secondary N) is 1. The summed E-state index contributed by atoms with van der Waals surface area (Å²) in [6, 6.07) is 5.95. The van der Waals surface area contributed by atoms with Gasteiger partial charge in [0.15, 0.2) is 0 Å². The fourth-order valence-electron chi connectivity index (χ4n) is 5.46. The highest BCUT2D eigenvalue weighted by Gasteiger charge is 2.71. The highest BCUT2D eigenvalue weighted by molar-refractivity contribution is 6.07. The van der Waals surface area contributed by atoms with Gasteiger partial charge in [-0.3, -0.25) is 19.7 Å². The first-order valence-corrected chi connectivity index (χ1v) is 14.6. The lowest BCUT2D eigenvalue weighted by molar-refractivity contribution is -0.376. The van der Waals surface area contributed by atoms with Crippen LogP contribution in [0.25, 0.3) is 11.0 Å². The quantitative estimate of drug-likeness (QED) is 0.134. The number of aliphatic hydroxyl groups is 1. The highest BCUT2D eigenvalue weighted by Crippen LogP contribution is 2.51. The number of alkyl halides is 6. The zero-order valence-electron chi connectivity index (χ0n) is 25.0. The Kier molecular flexibility index (Phi) is 9.67. The second-order valence-corrected chi connectivity index (χ2v) is 11.2. The fraction of sp³-hybridized carbons (Fsp3) is 0.484. The van der Waals surface area contributed by atoms with Gasteiger partial charge in [-0.15, -0.1) is 0 Å². The Morgan fingerprint density at radius 2 is 1.47 bits per heavy atom. The highest BCUT2D eigenvalue weighted by atomic mass is 19.4. The maximum Gasteiger partial charge on any atom is 0.430 e. The van der Waals surface area contributed by atoms with Gasteiger partial charge in [0.2, 0.25) is 0 Å². The lowest BCUT2D eigenvalue weighted by atomic mass is 9.87. The van der Waals surface area contributed by atoms with Gasteiger partial charge in [-0.2, -0.15) is 26.3 Å². The summed E-state index contributed by atoms with van der Waals surface area (Å²) >= 11 is 0. The maximum atomic E-state index is 13.6. The Labute approximate surface area is 255 Å². The van der Waals surface area contributed by atoms with Crippen molar-refractivity contribution in [2.45, 2.75) is 82.8 Å². The number of carbonyl (C=O) groups is 2. The first-order valence-electron chi connectivity index (χ1n) is 14.6. The van der Waals surface area contributed by atoms with Crippen LogP contribution >= 0.6 is 0 Å². The van der Waals surface area contributed by atoms with Crippen LogP contribution in [-0.2, 0) is 28.8 Å². The van der Waals surface area contributed by atoms with E-state index in [9.17, 15) is 41.0 Å². The van der Waals surface area contributed by atoms with E-state index in [0.717, 1.165) is 4.90 Å². The molecule has 45 heavy (non-hydrogen) atoms. The SMILES string of the molecule is CCCc1cc(C(O)(C(F)(F)F)C(F)(F)F)cc(CCC)c1OCCCCN1C(=O)NC(C)(c2ccc3nccnc3c2)C1=O. The number of imide groups is 1. The summed E-state index contributed by atoms with van der Waals surface area (Å²) in [5.41, 5.74) is -5.69. The van der Waals surface area contributed by atoms with Crippen LogP contribution < -0.4 is 10.1 Å². The molecular weight excluding hydrogens is 606 g/mol. The topological polar surface area (TPSA) is 105 Å². The number of unbranched alkanes of at least 4 members (excludes halogenated alkanes) is 1. The van der Waals surface area contributed by atoms with Crippen LogP contribution in [-0.4, -0.2) is 57.4 Å². The monoisotopic (exact) mass is 640 g/mol. The lowest BCUT2D eigenvalue weighted by Crippen LogP contribution is -2.54. The minimum atomic E-state index is -6.00. The van der Waals surface area contributed by atoms with E-state index in [2.05, 4.69) is 15.3 Å². The molecule has 244 valence electrons. The average molecular weight is 641 g/mol. The molecule has 4 rings (SSSR count). The van der Waals surface area contributed by atoms with Crippen molar-refractivity contribution in [3.63, 3.8) is 0 Å². The van der Waals surface area contributed by atoms with Gasteiger partial charge in [0.25, 0.3) is 11.5 Å². The van der Waals surface area contributed by atoms with Gasteiger partial charge < -0.3 is 15.2 Å². The van der Waals surface area contributed by atoms with Crippen molar-refractivity contribution >= 4 is 23.0 Å². The lowest BCUT2D eigenvalue weighted by Gasteiger charge is -2.33. The van der Waals surface area contributed by atoms with Gasteiger partial charge in [0, 0.05) is 24.5 Å². The molecule has 1 saturated heterocycles. The summed E-state index contributed by atoms with van der Waals surface area (Å²) < 4.78 is 87.7. The normalized spacial score (nSPS) is 17.7. The molecule has 2 aromatic carbocycles. The van der Waals surface area contributed by atoms with Gasteiger partial charge in [-0.1, -0.05) is 32.8 Å². The summed E-state index contributed by atoms with van der Waals surface area (Å²) in [5, 5.41) is 12.8. The summed E-state index contributed by atoms with van der Waals surface area (Å²) in [6.45, 7) is 5.12. The Bertz CT molecular complexity index is 1520. The molecule has 1 atom stereocenters. The summed E-state index contributed by atoms with van der Waals surface area (Å²) in [4.78, 5) is 35.7. The van der Waals surface area contributed by atoms with Crippen LogP contribution in [0.2, 0.25) is 0 Å². The number of hydrogen-bond acceptors (Lipinski definition) is 6. The number of fused-ring (bicyclic) bond motifs is 1. The number of rotatable bonds is 12. The Hall–Kier alpha value is -3.94. The van der Waals surface area contributed by atoms with Crippen LogP contribution in [0, 0.1) is 0 Å². The van der Waals surface area contributed by atoms with Crippen molar-refractivity contribution in [3.05, 3.63) is 65.0 Å². The van der Waals surface area contributed by atoms with E-state index in [-0.39, 0.29) is 42.9 Å². The zero-order chi connectivity index (χ0) is 33.2. The number of halogens is 6. The van der Waals surface area contributed by atoms with Crippen LogP contribution in [0.3, 0.4) is 0 Å². The molecule has 2 N–H and O–H groups in total. The number of benzene rings is 2. The van der Waals surface area contributed by atoms with Crippen LogP contribution in [0.15, 0.2) is 42.7 Å². The molecule has 1 fully saturated rings. The molecule has 0 radical (unpaired) electrons. The minimum Gasteiger partial charge on any atom is -0.493 e. The predicted molar refractivity (Wildman–Crippen MR) is 152 cm³/mol. The molecule has 0 aliphatic carbocycles. The molecule has 2 heterocycles. The predicted octanol–water partition coefficient (Wildman–Crippen LogP) is 6.47. The van der Waals surface area contributed by atoms with Gasteiger partial charge >= 0.3 is 18.4 Å². The molecule has 14 heteroatoms. The second kappa shape index (κ2) is 12.8. The number of nitrogens with zero attached hydrogens (tertiary/aromatic N) is 3. The smallest absolute Gasteiger partial charge is 0.430 e. The molecular formula is C31H34F6N4O4. The number of urea groups is 1. The first-order chi connectivity index (χ1) is 21.1. The molecule has 0 spiro atoms. The van der Waals surface area contributed by atoms with E-state index < -0.39 is 41.0 Å². The molecule has 1 unspecified atom stereocenters. The number of hydrogen-bond donors (Lipinski definition) is 2. The van der Waals surface area contributed by atoms with Crippen molar-refractivity contribution in [2.24, 2.45) is 0 Å². The Morgan fingerprint density at radius 1 is 0.889 bits per heavy atom. The van der Waals surface area contributed by atoms with E-state index in [0.29, 0.717) is 54.4 Å². The number of aryl methyl sites for hydroxylation is 2. The van der Waals surface area contributed by atoms with Crippen molar-refractivity contribution < 1.29 is 45.8 Å². The fourth-order valence-corrected chi connectivity index (χ4v) is 5.46. The van der Waals surface area contributed by atoms with Crippen molar-refractivity contribution in [3.8, 4) is 5.75 Å². The van der Waals surface area contributed by atoms with E-state index in [1.807, 2.05) is 0 Å². The molecule has 1 aliphatic rings. The molecule has 0 bridgehead atoms. The average Bonchev–Trinajstić information content (AvgIpc) is 3.19. The van der Waals surface area contributed by atoms with Gasteiger partial charge in [-0.25, -0.2) is 4.79 Å². The van der Waals surface area contributed by atoms with Gasteiger partial charge in [0.1, 0.15) is 11.3 Å². The summed E-state index contributed by atoms with van der Waals surface area (Å²) in [5.74, 6) is -0.277. The van der Waals surface area contributed by atoms with Crippen LogP contribution in [0.5, 0.6) is 5.75 Å². The molecule has 3 aromatic rings. The third kappa shape index (κ3) is 6.42. The molecule has 0 saturated carbocycles. The largest absolute Gasteiger partial charge is 0.493 e. The van der Waals surface area contributed by atoms with Crippen LogP contribution in [0.4, 0.5) is 31.1 Å². The third-order valence-electron chi connectivity index (χ3n) is 7.86.